The largest absolute Gasteiger partial charge is 0.376 e. The number of hydrogen-bond donors (Lipinski definition) is 1. The van der Waals surface area contributed by atoms with E-state index in [9.17, 15) is 0 Å². The first kappa shape index (κ1) is 11.6. The minimum Gasteiger partial charge on any atom is -0.376 e. The molecule has 0 saturated carbocycles. The summed E-state index contributed by atoms with van der Waals surface area (Å²) in [7, 11) is 0. The van der Waals surface area contributed by atoms with E-state index in [1.807, 2.05) is 0 Å². The predicted molar refractivity (Wildman–Crippen MR) is 66.4 cm³/mol. The van der Waals surface area contributed by atoms with Gasteiger partial charge < -0.3 is 10.1 Å². The monoisotopic (exact) mass is 219 g/mol. The van der Waals surface area contributed by atoms with E-state index < -0.39 is 0 Å². The summed E-state index contributed by atoms with van der Waals surface area (Å²) < 4.78 is 5.81. The molecule has 1 heterocycles. The van der Waals surface area contributed by atoms with Crippen molar-refractivity contribution < 1.29 is 4.74 Å². The number of nitrogens with one attached hydrogen (secondary N) is 1. The summed E-state index contributed by atoms with van der Waals surface area (Å²) in [6.45, 7) is 6.12. The van der Waals surface area contributed by atoms with Gasteiger partial charge in [0.05, 0.1) is 6.61 Å². The number of piperidine rings is 1. The average Bonchev–Trinajstić information content (AvgIpc) is 2.33. The molecular formula is C14H21NO. The average molecular weight is 219 g/mol. The summed E-state index contributed by atoms with van der Waals surface area (Å²) in [5.74, 6) is 0.755. The first-order chi connectivity index (χ1) is 7.86. The standard InChI is InChI=1S/C14H21NO/c1-12-4-2-3-5-14(12)11-16-10-13-6-8-15-9-7-13/h2-5,13,15H,6-11H2,1H3. The molecule has 0 aromatic heterocycles. The maximum atomic E-state index is 5.81. The van der Waals surface area contributed by atoms with Gasteiger partial charge in [-0.1, -0.05) is 24.3 Å². The van der Waals surface area contributed by atoms with Crippen molar-refractivity contribution in [2.24, 2.45) is 5.92 Å². The van der Waals surface area contributed by atoms with Crippen molar-refractivity contribution in [1.82, 2.24) is 5.32 Å². The topological polar surface area (TPSA) is 21.3 Å². The third-order valence-corrected chi connectivity index (χ3v) is 3.33. The fourth-order valence-electron chi connectivity index (χ4n) is 2.16. The molecule has 0 aliphatic carbocycles. The van der Waals surface area contributed by atoms with Gasteiger partial charge in [-0.3, -0.25) is 0 Å². The van der Waals surface area contributed by atoms with Crippen LogP contribution in [0.5, 0.6) is 0 Å². The number of rotatable bonds is 4. The van der Waals surface area contributed by atoms with Crippen LogP contribution in [0.2, 0.25) is 0 Å². The lowest BCUT2D eigenvalue weighted by atomic mass is 9.99. The molecular weight excluding hydrogens is 198 g/mol. The van der Waals surface area contributed by atoms with Crippen molar-refractivity contribution in [2.45, 2.75) is 26.4 Å². The lowest BCUT2D eigenvalue weighted by molar-refractivity contribution is 0.0761. The van der Waals surface area contributed by atoms with Gasteiger partial charge in [0.2, 0.25) is 0 Å². The second kappa shape index (κ2) is 6.02. The molecule has 2 nitrogen and oxygen atoms in total. The van der Waals surface area contributed by atoms with Crippen LogP contribution in [0.25, 0.3) is 0 Å². The van der Waals surface area contributed by atoms with E-state index in [4.69, 9.17) is 4.74 Å². The van der Waals surface area contributed by atoms with E-state index >= 15 is 0 Å². The first-order valence-electron chi connectivity index (χ1n) is 6.19. The molecule has 2 rings (SSSR count). The molecule has 2 heteroatoms. The van der Waals surface area contributed by atoms with Gasteiger partial charge in [0.15, 0.2) is 0 Å². The molecule has 1 aliphatic heterocycles. The van der Waals surface area contributed by atoms with E-state index in [-0.39, 0.29) is 0 Å². The van der Waals surface area contributed by atoms with Gasteiger partial charge in [-0.15, -0.1) is 0 Å². The van der Waals surface area contributed by atoms with Crippen molar-refractivity contribution in [3.05, 3.63) is 35.4 Å². The minimum atomic E-state index is 0.755. The van der Waals surface area contributed by atoms with Crippen molar-refractivity contribution in [3.63, 3.8) is 0 Å². The van der Waals surface area contributed by atoms with Crippen molar-refractivity contribution in [2.75, 3.05) is 19.7 Å². The van der Waals surface area contributed by atoms with E-state index in [0.717, 1.165) is 32.2 Å². The molecule has 1 saturated heterocycles. The minimum absolute atomic E-state index is 0.755. The zero-order valence-corrected chi connectivity index (χ0v) is 10.0. The number of benzene rings is 1. The Morgan fingerprint density at radius 3 is 2.75 bits per heavy atom. The van der Waals surface area contributed by atoms with Gasteiger partial charge in [-0.25, -0.2) is 0 Å². The van der Waals surface area contributed by atoms with E-state index in [1.54, 1.807) is 0 Å². The van der Waals surface area contributed by atoms with Gasteiger partial charge >= 0.3 is 0 Å². The molecule has 1 aromatic carbocycles. The second-order valence-corrected chi connectivity index (χ2v) is 4.63. The number of ether oxygens (including phenoxy) is 1. The molecule has 16 heavy (non-hydrogen) atoms. The van der Waals surface area contributed by atoms with Crippen molar-refractivity contribution >= 4 is 0 Å². The Hall–Kier alpha value is -0.860. The maximum absolute atomic E-state index is 5.81. The van der Waals surface area contributed by atoms with Crippen LogP contribution in [-0.4, -0.2) is 19.7 Å². The molecule has 0 bridgehead atoms. The fraction of sp³-hybridized carbons (Fsp3) is 0.571. The van der Waals surface area contributed by atoms with Crippen LogP contribution in [0.4, 0.5) is 0 Å². The molecule has 88 valence electrons. The Kier molecular flexibility index (Phi) is 4.37. The summed E-state index contributed by atoms with van der Waals surface area (Å²) in [6.07, 6.45) is 2.52. The van der Waals surface area contributed by atoms with E-state index in [1.165, 1.54) is 24.0 Å². The fourth-order valence-corrected chi connectivity index (χ4v) is 2.16. The van der Waals surface area contributed by atoms with E-state index in [2.05, 4.69) is 36.5 Å². The summed E-state index contributed by atoms with van der Waals surface area (Å²) >= 11 is 0. The third kappa shape index (κ3) is 3.32. The molecule has 0 amide bonds. The highest BCUT2D eigenvalue weighted by Gasteiger charge is 2.12. The molecule has 0 atom stereocenters. The van der Waals surface area contributed by atoms with Gasteiger partial charge in [0.25, 0.3) is 0 Å². The van der Waals surface area contributed by atoms with Gasteiger partial charge in [-0.05, 0) is 49.9 Å². The van der Waals surface area contributed by atoms with Crippen LogP contribution < -0.4 is 5.32 Å². The van der Waals surface area contributed by atoms with Gasteiger partial charge in [-0.2, -0.15) is 0 Å². The Morgan fingerprint density at radius 2 is 2.00 bits per heavy atom. The third-order valence-electron chi connectivity index (χ3n) is 3.33. The highest BCUT2D eigenvalue weighted by molar-refractivity contribution is 5.24. The lowest BCUT2D eigenvalue weighted by Crippen LogP contribution is -2.29. The first-order valence-corrected chi connectivity index (χ1v) is 6.19. The van der Waals surface area contributed by atoms with Gasteiger partial charge in [0.1, 0.15) is 0 Å². The Labute approximate surface area is 98.0 Å². The molecule has 1 N–H and O–H groups in total. The van der Waals surface area contributed by atoms with Gasteiger partial charge in [0, 0.05) is 6.61 Å². The smallest absolute Gasteiger partial charge is 0.0719 e. The lowest BCUT2D eigenvalue weighted by Gasteiger charge is -2.22. The second-order valence-electron chi connectivity index (χ2n) is 4.63. The Morgan fingerprint density at radius 1 is 1.25 bits per heavy atom. The summed E-state index contributed by atoms with van der Waals surface area (Å²) in [6, 6.07) is 8.45. The van der Waals surface area contributed by atoms with Crippen LogP contribution >= 0.6 is 0 Å². The molecule has 1 aromatic rings. The van der Waals surface area contributed by atoms with Crippen molar-refractivity contribution in [3.8, 4) is 0 Å². The summed E-state index contributed by atoms with van der Waals surface area (Å²) in [5.41, 5.74) is 2.64. The highest BCUT2D eigenvalue weighted by atomic mass is 16.5. The molecule has 0 radical (unpaired) electrons. The molecule has 1 fully saturated rings. The van der Waals surface area contributed by atoms with Crippen molar-refractivity contribution in [1.29, 1.82) is 0 Å². The van der Waals surface area contributed by atoms with Crippen LogP contribution in [0.3, 0.4) is 0 Å². The normalized spacial score (nSPS) is 17.6. The Bertz CT molecular complexity index is 318. The van der Waals surface area contributed by atoms with Crippen LogP contribution in [-0.2, 0) is 11.3 Å². The predicted octanol–water partition coefficient (Wildman–Crippen LogP) is 2.51. The number of aryl methyl sites for hydroxylation is 1. The maximum Gasteiger partial charge on any atom is 0.0719 e. The van der Waals surface area contributed by atoms with E-state index in [0.29, 0.717) is 0 Å². The summed E-state index contributed by atoms with van der Waals surface area (Å²) in [4.78, 5) is 0. The molecule has 0 unspecified atom stereocenters. The zero-order chi connectivity index (χ0) is 11.2. The summed E-state index contributed by atoms with van der Waals surface area (Å²) in [5, 5.41) is 3.38. The van der Waals surface area contributed by atoms with Crippen LogP contribution in [0.1, 0.15) is 24.0 Å². The quantitative estimate of drug-likeness (QED) is 0.840. The number of hydrogen-bond acceptors (Lipinski definition) is 2. The SMILES string of the molecule is Cc1ccccc1COCC1CCNCC1. The molecule has 1 aliphatic rings. The zero-order valence-electron chi connectivity index (χ0n) is 10.0. The van der Waals surface area contributed by atoms with Crippen LogP contribution in [0, 0.1) is 12.8 Å². The van der Waals surface area contributed by atoms with Crippen LogP contribution in [0.15, 0.2) is 24.3 Å². The Balaban J connectivity index is 1.73. The highest BCUT2D eigenvalue weighted by Crippen LogP contribution is 2.14. The molecule has 0 spiro atoms.